The Hall–Kier alpha value is -1.19. The van der Waals surface area contributed by atoms with E-state index in [0.29, 0.717) is 6.54 Å². The number of Topliss-reactive ketones (excluding diaryl/α,β-unsaturated/α-hetero) is 1. The van der Waals surface area contributed by atoms with Gasteiger partial charge in [-0.3, -0.25) is 9.69 Å². The highest BCUT2D eigenvalue weighted by atomic mass is 16.3. The fraction of sp³-hybridized carbons (Fsp3) is 0.562. The van der Waals surface area contributed by atoms with Crippen molar-refractivity contribution in [2.45, 2.75) is 32.3 Å². The molecule has 0 bridgehead atoms. The molecule has 104 valence electrons. The van der Waals surface area contributed by atoms with Gasteiger partial charge < -0.3 is 5.11 Å². The van der Waals surface area contributed by atoms with Crippen LogP contribution in [0.25, 0.3) is 0 Å². The van der Waals surface area contributed by atoms with Crippen LogP contribution in [0.15, 0.2) is 30.3 Å². The zero-order valence-electron chi connectivity index (χ0n) is 11.8. The van der Waals surface area contributed by atoms with Gasteiger partial charge in [-0.25, -0.2) is 0 Å². The maximum Gasteiger partial charge on any atom is 0.166 e. The number of benzene rings is 1. The monoisotopic (exact) mass is 261 g/mol. The van der Waals surface area contributed by atoms with E-state index in [9.17, 15) is 9.90 Å². The van der Waals surface area contributed by atoms with E-state index in [-0.39, 0.29) is 11.7 Å². The minimum Gasteiger partial charge on any atom is -0.389 e. The summed E-state index contributed by atoms with van der Waals surface area (Å²) in [5.74, 6) is 0.155. The Morgan fingerprint density at radius 2 is 2.11 bits per heavy atom. The van der Waals surface area contributed by atoms with Crippen molar-refractivity contribution in [2.75, 3.05) is 19.6 Å². The molecule has 1 aliphatic heterocycles. The second-order valence-electron chi connectivity index (χ2n) is 5.97. The summed E-state index contributed by atoms with van der Waals surface area (Å²) in [5, 5.41) is 10.1. The number of β-amino-alcohol motifs (C(OH)–C–C–N with tert-alkyl or cyclic N) is 1. The molecule has 0 spiro atoms. The maximum atomic E-state index is 12.3. The lowest BCUT2D eigenvalue weighted by atomic mass is 9.93. The molecule has 1 fully saturated rings. The minimum absolute atomic E-state index is 0.0312. The van der Waals surface area contributed by atoms with E-state index >= 15 is 0 Å². The van der Waals surface area contributed by atoms with Crippen molar-refractivity contribution < 1.29 is 9.90 Å². The first kappa shape index (κ1) is 14.2. The molecule has 1 aromatic rings. The van der Waals surface area contributed by atoms with E-state index in [1.165, 1.54) is 0 Å². The van der Waals surface area contributed by atoms with E-state index < -0.39 is 5.60 Å². The van der Waals surface area contributed by atoms with Crippen LogP contribution in [0.3, 0.4) is 0 Å². The van der Waals surface area contributed by atoms with Crippen molar-refractivity contribution in [3.05, 3.63) is 35.9 Å². The van der Waals surface area contributed by atoms with Crippen LogP contribution in [0.1, 0.15) is 37.0 Å². The Morgan fingerprint density at radius 3 is 2.74 bits per heavy atom. The van der Waals surface area contributed by atoms with Gasteiger partial charge >= 0.3 is 0 Å². The summed E-state index contributed by atoms with van der Waals surface area (Å²) in [6.45, 7) is 6.22. The topological polar surface area (TPSA) is 40.5 Å². The van der Waals surface area contributed by atoms with E-state index in [1.54, 1.807) is 0 Å². The van der Waals surface area contributed by atoms with Gasteiger partial charge in [0.05, 0.1) is 5.60 Å². The van der Waals surface area contributed by atoms with E-state index in [1.807, 2.05) is 44.2 Å². The molecule has 0 radical (unpaired) electrons. The molecule has 1 aromatic carbocycles. The smallest absolute Gasteiger partial charge is 0.166 e. The second-order valence-corrected chi connectivity index (χ2v) is 5.97. The van der Waals surface area contributed by atoms with Gasteiger partial charge in [-0.15, -0.1) is 0 Å². The van der Waals surface area contributed by atoms with Gasteiger partial charge in [0.1, 0.15) is 0 Å². The van der Waals surface area contributed by atoms with Gasteiger partial charge in [0.15, 0.2) is 5.78 Å². The molecule has 0 aliphatic carbocycles. The Morgan fingerprint density at radius 1 is 1.42 bits per heavy atom. The number of aliphatic hydroxyl groups is 1. The van der Waals surface area contributed by atoms with Crippen molar-refractivity contribution in [3.8, 4) is 0 Å². The summed E-state index contributed by atoms with van der Waals surface area (Å²) in [7, 11) is 0. The van der Waals surface area contributed by atoms with Crippen molar-refractivity contribution in [1.29, 1.82) is 0 Å². The van der Waals surface area contributed by atoms with Gasteiger partial charge in [0, 0.05) is 24.6 Å². The molecule has 3 nitrogen and oxygen atoms in total. The molecular weight excluding hydrogens is 238 g/mol. The zero-order chi connectivity index (χ0) is 13.9. The fourth-order valence-electron chi connectivity index (χ4n) is 2.84. The normalized spacial score (nSPS) is 26.1. The standard InChI is InChI=1S/C16H23NO2/c1-13(15(18)14-7-4-3-5-8-14)11-17-10-6-9-16(2,19)12-17/h3-5,7-8,13,19H,6,9-12H2,1-2H3. The summed E-state index contributed by atoms with van der Waals surface area (Å²) >= 11 is 0. The maximum absolute atomic E-state index is 12.3. The molecule has 2 unspecified atom stereocenters. The Balaban J connectivity index is 1.94. The summed E-state index contributed by atoms with van der Waals surface area (Å²) < 4.78 is 0. The number of nitrogens with zero attached hydrogens (tertiary/aromatic N) is 1. The number of carbonyl (C=O) groups is 1. The predicted octanol–water partition coefficient (Wildman–Crippen LogP) is 2.35. The Kier molecular flexibility index (Phi) is 4.38. The summed E-state index contributed by atoms with van der Waals surface area (Å²) in [5.41, 5.74) is 0.173. The minimum atomic E-state index is -0.603. The molecule has 1 heterocycles. The lowest BCUT2D eigenvalue weighted by Gasteiger charge is -2.37. The van der Waals surface area contributed by atoms with E-state index in [4.69, 9.17) is 0 Å². The number of hydrogen-bond acceptors (Lipinski definition) is 3. The van der Waals surface area contributed by atoms with Crippen LogP contribution in [0.4, 0.5) is 0 Å². The van der Waals surface area contributed by atoms with Crippen LogP contribution in [-0.4, -0.2) is 41.0 Å². The average molecular weight is 261 g/mol. The Bertz CT molecular complexity index is 428. The molecule has 0 aromatic heterocycles. The average Bonchev–Trinajstić information content (AvgIpc) is 2.37. The van der Waals surface area contributed by atoms with Crippen LogP contribution in [-0.2, 0) is 0 Å². The van der Waals surface area contributed by atoms with Crippen LogP contribution < -0.4 is 0 Å². The Labute approximate surface area is 115 Å². The molecule has 1 N–H and O–H groups in total. The fourth-order valence-corrected chi connectivity index (χ4v) is 2.84. The van der Waals surface area contributed by atoms with Crippen molar-refractivity contribution in [3.63, 3.8) is 0 Å². The number of rotatable bonds is 4. The second kappa shape index (κ2) is 5.85. The SMILES string of the molecule is CC(CN1CCCC(C)(O)C1)C(=O)c1ccccc1. The number of ketones is 1. The van der Waals surface area contributed by atoms with E-state index in [0.717, 1.165) is 31.5 Å². The van der Waals surface area contributed by atoms with Gasteiger partial charge in [-0.2, -0.15) is 0 Å². The van der Waals surface area contributed by atoms with Gasteiger partial charge in [-0.1, -0.05) is 37.3 Å². The molecule has 2 rings (SSSR count). The number of piperidine rings is 1. The third-order valence-corrected chi connectivity index (χ3v) is 3.79. The molecule has 19 heavy (non-hydrogen) atoms. The van der Waals surface area contributed by atoms with Crippen molar-refractivity contribution in [2.24, 2.45) is 5.92 Å². The summed E-state index contributed by atoms with van der Waals surface area (Å²) in [4.78, 5) is 14.5. The first-order chi connectivity index (χ1) is 8.98. The molecule has 2 atom stereocenters. The molecule has 1 aliphatic rings. The molecule has 3 heteroatoms. The molecule has 0 saturated carbocycles. The first-order valence-corrected chi connectivity index (χ1v) is 7.02. The molecule has 0 amide bonds. The third-order valence-electron chi connectivity index (χ3n) is 3.79. The van der Waals surface area contributed by atoms with Crippen LogP contribution in [0, 0.1) is 5.92 Å². The molecule has 1 saturated heterocycles. The largest absolute Gasteiger partial charge is 0.389 e. The lowest BCUT2D eigenvalue weighted by molar-refractivity contribution is -0.0185. The van der Waals surface area contributed by atoms with Gasteiger partial charge in [0.25, 0.3) is 0 Å². The van der Waals surface area contributed by atoms with Crippen LogP contribution in [0.2, 0.25) is 0 Å². The van der Waals surface area contributed by atoms with Crippen molar-refractivity contribution >= 4 is 5.78 Å². The quantitative estimate of drug-likeness (QED) is 0.846. The lowest BCUT2D eigenvalue weighted by Crippen LogP contribution is -2.48. The third kappa shape index (κ3) is 3.88. The highest BCUT2D eigenvalue weighted by molar-refractivity contribution is 5.97. The highest BCUT2D eigenvalue weighted by Crippen LogP contribution is 2.21. The van der Waals surface area contributed by atoms with E-state index in [2.05, 4.69) is 4.90 Å². The van der Waals surface area contributed by atoms with Gasteiger partial charge in [-0.05, 0) is 26.3 Å². The van der Waals surface area contributed by atoms with Crippen molar-refractivity contribution in [1.82, 2.24) is 4.90 Å². The summed E-state index contributed by atoms with van der Waals surface area (Å²) in [6.07, 6.45) is 1.85. The number of hydrogen-bond donors (Lipinski definition) is 1. The highest BCUT2D eigenvalue weighted by Gasteiger charge is 2.29. The summed E-state index contributed by atoms with van der Waals surface area (Å²) in [6, 6.07) is 9.44. The number of carbonyl (C=O) groups excluding carboxylic acids is 1. The zero-order valence-corrected chi connectivity index (χ0v) is 11.8. The predicted molar refractivity (Wildman–Crippen MR) is 76.2 cm³/mol. The number of likely N-dealkylation sites (tertiary alicyclic amines) is 1. The first-order valence-electron chi connectivity index (χ1n) is 7.02. The molecular formula is C16H23NO2. The van der Waals surface area contributed by atoms with Gasteiger partial charge in [0.2, 0.25) is 0 Å². The van der Waals surface area contributed by atoms with Crippen LogP contribution >= 0.6 is 0 Å². The van der Waals surface area contributed by atoms with Crippen LogP contribution in [0.5, 0.6) is 0 Å².